The van der Waals surface area contributed by atoms with Crippen molar-refractivity contribution in [2.75, 3.05) is 0 Å². The number of hydrogen-bond donors (Lipinski definition) is 0. The van der Waals surface area contributed by atoms with Crippen molar-refractivity contribution in [2.24, 2.45) is 0 Å². The number of alkyl halides is 1. The van der Waals surface area contributed by atoms with Gasteiger partial charge in [0.25, 0.3) is 0 Å². The van der Waals surface area contributed by atoms with Crippen molar-refractivity contribution >= 4 is 27.5 Å². The Morgan fingerprint density at radius 3 is 3.00 bits per heavy atom. The first kappa shape index (κ1) is 9.66. The second-order valence-corrected chi connectivity index (χ2v) is 5.96. The highest BCUT2D eigenvalue weighted by molar-refractivity contribution is 9.09. The Kier molecular flexibility index (Phi) is 3.04. The molecule has 0 saturated heterocycles. The van der Waals surface area contributed by atoms with Crippen LogP contribution < -0.4 is 0 Å². The molecular weight excluding hydrogens is 246 g/mol. The van der Waals surface area contributed by atoms with Crippen molar-refractivity contribution in [3.63, 3.8) is 0 Å². The van der Waals surface area contributed by atoms with Crippen LogP contribution >= 0.6 is 27.5 Å². The van der Waals surface area contributed by atoms with Crippen LogP contribution in [0.5, 0.6) is 0 Å². The van der Waals surface area contributed by atoms with E-state index in [0.717, 1.165) is 10.7 Å². The summed E-state index contributed by atoms with van der Waals surface area (Å²) in [6, 6.07) is 2.25. The number of nitrogens with zero attached hydrogens (tertiary/aromatic N) is 1. The Labute approximate surface area is 91.8 Å². The zero-order valence-corrected chi connectivity index (χ0v) is 10.2. The Bertz CT molecular complexity index is 284. The van der Waals surface area contributed by atoms with E-state index in [0.29, 0.717) is 0 Å². The summed E-state index contributed by atoms with van der Waals surface area (Å²) < 4.78 is 4.34. The number of rotatable bonds is 1. The molecule has 1 heterocycles. The first-order valence-corrected chi connectivity index (χ1v) is 6.52. The highest BCUT2D eigenvalue weighted by Gasteiger charge is 2.22. The van der Waals surface area contributed by atoms with Gasteiger partial charge >= 0.3 is 0 Å². The van der Waals surface area contributed by atoms with Crippen LogP contribution in [0.25, 0.3) is 0 Å². The zero-order chi connectivity index (χ0) is 9.26. The van der Waals surface area contributed by atoms with E-state index in [1.165, 1.54) is 36.3 Å². The summed E-state index contributed by atoms with van der Waals surface area (Å²) in [5.74, 6) is 0.768. The van der Waals surface area contributed by atoms with Crippen molar-refractivity contribution in [1.82, 2.24) is 4.37 Å². The van der Waals surface area contributed by atoms with Crippen LogP contribution in [0.1, 0.15) is 42.2 Å². The van der Waals surface area contributed by atoms with E-state index in [4.69, 9.17) is 0 Å². The van der Waals surface area contributed by atoms with E-state index >= 15 is 0 Å². The van der Waals surface area contributed by atoms with E-state index in [1.54, 1.807) is 11.5 Å². The van der Waals surface area contributed by atoms with Gasteiger partial charge < -0.3 is 0 Å². The summed E-state index contributed by atoms with van der Waals surface area (Å²) in [4.78, 5) is 2.22. The molecule has 1 aromatic rings. The molecule has 1 nitrogen and oxygen atoms in total. The molecule has 1 aliphatic carbocycles. The Hall–Kier alpha value is 0.110. The molecule has 3 heteroatoms. The van der Waals surface area contributed by atoms with Gasteiger partial charge in [0.2, 0.25) is 0 Å². The third-order valence-electron chi connectivity index (χ3n) is 2.66. The lowest BCUT2D eigenvalue weighted by Crippen LogP contribution is -2.12. The normalized spacial score (nSPS) is 29.1. The molecule has 0 radical (unpaired) electrons. The molecule has 0 aromatic carbocycles. The Morgan fingerprint density at radius 1 is 1.54 bits per heavy atom. The van der Waals surface area contributed by atoms with Gasteiger partial charge in [-0.2, -0.15) is 4.37 Å². The van der Waals surface area contributed by atoms with Gasteiger partial charge in [-0.15, -0.1) is 0 Å². The summed E-state index contributed by atoms with van der Waals surface area (Å²) >= 11 is 5.40. The third-order valence-corrected chi connectivity index (χ3v) is 4.53. The number of halogens is 1. The predicted molar refractivity (Wildman–Crippen MR) is 60.8 cm³/mol. The zero-order valence-electron chi connectivity index (χ0n) is 7.79. The predicted octanol–water partition coefficient (Wildman–Crippen LogP) is 3.87. The van der Waals surface area contributed by atoms with Gasteiger partial charge in [0.15, 0.2) is 0 Å². The minimum absolute atomic E-state index is 0.730. The molecule has 2 atom stereocenters. The molecule has 0 spiro atoms. The van der Waals surface area contributed by atoms with Crippen molar-refractivity contribution < 1.29 is 0 Å². The van der Waals surface area contributed by atoms with Gasteiger partial charge in [-0.3, -0.25) is 0 Å². The van der Waals surface area contributed by atoms with E-state index in [2.05, 4.69) is 33.3 Å². The summed E-state index contributed by atoms with van der Waals surface area (Å²) in [6.07, 6.45) is 5.34. The number of hydrogen-bond acceptors (Lipinski definition) is 2. The average Bonchev–Trinajstić information content (AvgIpc) is 2.52. The topological polar surface area (TPSA) is 12.9 Å². The molecule has 0 N–H and O–H groups in total. The average molecular weight is 260 g/mol. The molecule has 72 valence electrons. The molecule has 2 unspecified atom stereocenters. The minimum atomic E-state index is 0.730. The largest absolute Gasteiger partial charge is 0.198 e. The fraction of sp³-hybridized carbons (Fsp3) is 0.700. The highest BCUT2D eigenvalue weighted by atomic mass is 79.9. The lowest BCUT2D eigenvalue weighted by atomic mass is 9.88. The van der Waals surface area contributed by atoms with E-state index in [-0.39, 0.29) is 0 Å². The highest BCUT2D eigenvalue weighted by Crippen LogP contribution is 2.37. The summed E-state index contributed by atoms with van der Waals surface area (Å²) in [5.41, 5.74) is 1.18. The molecule has 1 aromatic heterocycles. The van der Waals surface area contributed by atoms with Gasteiger partial charge in [0.05, 0.1) is 5.69 Å². The van der Waals surface area contributed by atoms with Crippen molar-refractivity contribution in [1.29, 1.82) is 0 Å². The Morgan fingerprint density at radius 2 is 2.38 bits per heavy atom. The van der Waals surface area contributed by atoms with Gasteiger partial charge in [0.1, 0.15) is 0 Å². The summed E-state index contributed by atoms with van der Waals surface area (Å²) in [6.45, 7) is 2.08. The number of aryl methyl sites for hydroxylation is 1. The molecule has 1 aliphatic rings. The van der Waals surface area contributed by atoms with Gasteiger partial charge in [-0.1, -0.05) is 22.4 Å². The third kappa shape index (κ3) is 2.32. The van der Waals surface area contributed by atoms with E-state index in [9.17, 15) is 0 Å². The quantitative estimate of drug-likeness (QED) is 0.698. The van der Waals surface area contributed by atoms with Crippen LogP contribution in [-0.4, -0.2) is 9.20 Å². The smallest absolute Gasteiger partial charge is 0.0514 e. The second-order valence-electron chi connectivity index (χ2n) is 3.83. The van der Waals surface area contributed by atoms with Crippen molar-refractivity contribution in [3.05, 3.63) is 16.6 Å². The summed E-state index contributed by atoms with van der Waals surface area (Å²) in [5, 5.41) is 0. The maximum atomic E-state index is 4.34. The van der Waals surface area contributed by atoms with Gasteiger partial charge in [0, 0.05) is 9.70 Å². The van der Waals surface area contributed by atoms with Crippen molar-refractivity contribution in [2.45, 2.75) is 43.4 Å². The molecular formula is C10H14BrNS. The maximum absolute atomic E-state index is 4.34. The van der Waals surface area contributed by atoms with Crippen LogP contribution in [0.4, 0.5) is 0 Å². The monoisotopic (exact) mass is 259 g/mol. The van der Waals surface area contributed by atoms with Gasteiger partial charge in [-0.05, 0) is 49.7 Å². The Balaban J connectivity index is 2.08. The lowest BCUT2D eigenvalue weighted by Gasteiger charge is -2.24. The SMILES string of the molecule is Cc1cc(C2CCCC(Br)C2)sn1. The molecule has 1 fully saturated rings. The fourth-order valence-corrected chi connectivity index (χ4v) is 3.63. The van der Waals surface area contributed by atoms with Crippen LogP contribution in [-0.2, 0) is 0 Å². The maximum Gasteiger partial charge on any atom is 0.0514 e. The molecule has 0 amide bonds. The van der Waals surface area contributed by atoms with Crippen LogP contribution in [0.3, 0.4) is 0 Å². The van der Waals surface area contributed by atoms with Crippen LogP contribution in [0, 0.1) is 6.92 Å². The van der Waals surface area contributed by atoms with Crippen molar-refractivity contribution in [3.8, 4) is 0 Å². The van der Waals surface area contributed by atoms with E-state index < -0.39 is 0 Å². The fourth-order valence-electron chi connectivity index (χ4n) is 1.96. The second kappa shape index (κ2) is 4.09. The molecule has 13 heavy (non-hydrogen) atoms. The lowest BCUT2D eigenvalue weighted by molar-refractivity contribution is 0.463. The van der Waals surface area contributed by atoms with Gasteiger partial charge in [-0.25, -0.2) is 0 Å². The first-order chi connectivity index (χ1) is 6.25. The summed E-state index contributed by atoms with van der Waals surface area (Å²) in [7, 11) is 0. The standard InChI is InChI=1S/C10H14BrNS/c1-7-5-10(13-12-7)8-3-2-4-9(11)6-8/h5,8-9H,2-4,6H2,1H3. The first-order valence-electron chi connectivity index (χ1n) is 4.83. The number of aromatic nitrogens is 1. The molecule has 0 aliphatic heterocycles. The van der Waals surface area contributed by atoms with E-state index in [1.807, 2.05) is 0 Å². The molecule has 2 rings (SSSR count). The molecule has 1 saturated carbocycles. The minimum Gasteiger partial charge on any atom is -0.198 e. The van der Waals surface area contributed by atoms with Crippen LogP contribution in [0.15, 0.2) is 6.07 Å². The molecule has 0 bridgehead atoms. The van der Waals surface area contributed by atoms with Crippen LogP contribution in [0.2, 0.25) is 0 Å².